The van der Waals surface area contributed by atoms with Gasteiger partial charge in [0.1, 0.15) is 0 Å². The summed E-state index contributed by atoms with van der Waals surface area (Å²) < 4.78 is 0. The molecule has 70 valence electrons. The van der Waals surface area contributed by atoms with Crippen LogP contribution in [-0.2, 0) is 11.2 Å². The van der Waals surface area contributed by atoms with Gasteiger partial charge in [-0.1, -0.05) is 0 Å². The third kappa shape index (κ3) is 4.20. The molecule has 1 aromatic heterocycles. The summed E-state index contributed by atoms with van der Waals surface area (Å²) in [6.45, 7) is 0. The molecule has 0 aliphatic heterocycles. The van der Waals surface area contributed by atoms with Crippen molar-refractivity contribution in [1.82, 2.24) is 9.97 Å². The summed E-state index contributed by atoms with van der Waals surface area (Å²) in [7, 11) is 0. The van der Waals surface area contributed by atoms with Crippen molar-refractivity contribution in [3.63, 3.8) is 0 Å². The van der Waals surface area contributed by atoms with Gasteiger partial charge in [0, 0.05) is 25.0 Å². The van der Waals surface area contributed by atoms with Gasteiger partial charge in [-0.05, 0) is 19.3 Å². The van der Waals surface area contributed by atoms with Crippen LogP contribution >= 0.6 is 0 Å². The van der Waals surface area contributed by atoms with Crippen molar-refractivity contribution in [1.29, 1.82) is 0 Å². The normalized spacial score (nSPS) is 9.85. The number of nitrogens with zero attached hydrogens (tertiary/aromatic N) is 2. The number of unbranched alkanes of at least 4 members (excludes halogenated alkanes) is 1. The van der Waals surface area contributed by atoms with E-state index in [1.807, 2.05) is 0 Å². The van der Waals surface area contributed by atoms with Gasteiger partial charge in [-0.3, -0.25) is 14.8 Å². The summed E-state index contributed by atoms with van der Waals surface area (Å²) in [4.78, 5) is 18.5. The number of primary amides is 1. The summed E-state index contributed by atoms with van der Waals surface area (Å²) >= 11 is 0. The zero-order valence-electron chi connectivity index (χ0n) is 7.44. The van der Waals surface area contributed by atoms with Gasteiger partial charge in [-0.2, -0.15) is 0 Å². The molecule has 0 spiro atoms. The lowest BCUT2D eigenvalue weighted by Gasteiger charge is -1.97. The Balaban J connectivity index is 2.17. The SMILES string of the molecule is NC(=O)CCCCc1cnccn1. The molecule has 0 bridgehead atoms. The Morgan fingerprint density at radius 3 is 2.85 bits per heavy atom. The third-order valence-electron chi connectivity index (χ3n) is 1.72. The van der Waals surface area contributed by atoms with Crippen LogP contribution in [0.3, 0.4) is 0 Å². The Kier molecular flexibility index (Phi) is 3.88. The van der Waals surface area contributed by atoms with Crippen molar-refractivity contribution in [3.05, 3.63) is 24.3 Å². The Morgan fingerprint density at radius 2 is 2.23 bits per heavy atom. The van der Waals surface area contributed by atoms with Crippen LogP contribution in [0.15, 0.2) is 18.6 Å². The molecule has 0 fully saturated rings. The lowest BCUT2D eigenvalue weighted by atomic mass is 10.1. The number of carbonyl (C=O) groups excluding carboxylic acids is 1. The fraction of sp³-hybridized carbons (Fsp3) is 0.444. The maximum atomic E-state index is 10.4. The Labute approximate surface area is 77.2 Å². The number of nitrogens with two attached hydrogens (primary N) is 1. The van der Waals surface area contributed by atoms with Gasteiger partial charge in [-0.25, -0.2) is 0 Å². The van der Waals surface area contributed by atoms with Crippen LogP contribution in [0.5, 0.6) is 0 Å². The highest BCUT2D eigenvalue weighted by atomic mass is 16.1. The van der Waals surface area contributed by atoms with Crippen LogP contribution in [0.2, 0.25) is 0 Å². The molecule has 0 saturated heterocycles. The smallest absolute Gasteiger partial charge is 0.217 e. The van der Waals surface area contributed by atoms with Gasteiger partial charge in [0.2, 0.25) is 5.91 Å². The van der Waals surface area contributed by atoms with E-state index < -0.39 is 0 Å². The molecule has 2 N–H and O–H groups in total. The van der Waals surface area contributed by atoms with Crippen molar-refractivity contribution in [2.75, 3.05) is 0 Å². The third-order valence-corrected chi connectivity index (χ3v) is 1.72. The van der Waals surface area contributed by atoms with Crippen LogP contribution in [0.1, 0.15) is 25.0 Å². The maximum absolute atomic E-state index is 10.4. The van der Waals surface area contributed by atoms with E-state index in [2.05, 4.69) is 9.97 Å². The van der Waals surface area contributed by atoms with Crippen LogP contribution in [0.4, 0.5) is 0 Å². The predicted molar refractivity (Wildman–Crippen MR) is 48.8 cm³/mol. The molecule has 0 atom stereocenters. The second-order valence-corrected chi connectivity index (χ2v) is 2.87. The number of aryl methyl sites for hydroxylation is 1. The average molecular weight is 179 g/mol. The molecule has 1 amide bonds. The number of hydrogen-bond acceptors (Lipinski definition) is 3. The van der Waals surface area contributed by atoms with Crippen LogP contribution in [0.25, 0.3) is 0 Å². The standard InChI is InChI=1S/C9H13N3O/c10-9(13)4-2-1-3-8-7-11-5-6-12-8/h5-7H,1-4H2,(H2,10,13). The van der Waals surface area contributed by atoms with E-state index in [4.69, 9.17) is 5.73 Å². The molecule has 4 nitrogen and oxygen atoms in total. The summed E-state index contributed by atoms with van der Waals surface area (Å²) in [6, 6.07) is 0. The first kappa shape index (κ1) is 9.64. The molecular formula is C9H13N3O. The van der Waals surface area contributed by atoms with Crippen LogP contribution in [0, 0.1) is 0 Å². The minimum Gasteiger partial charge on any atom is -0.370 e. The largest absolute Gasteiger partial charge is 0.370 e. The van der Waals surface area contributed by atoms with E-state index in [9.17, 15) is 4.79 Å². The van der Waals surface area contributed by atoms with E-state index in [0.717, 1.165) is 25.0 Å². The van der Waals surface area contributed by atoms with Gasteiger partial charge in [0.15, 0.2) is 0 Å². The van der Waals surface area contributed by atoms with Crippen molar-refractivity contribution in [2.45, 2.75) is 25.7 Å². The molecule has 0 radical (unpaired) electrons. The van der Waals surface area contributed by atoms with E-state index in [-0.39, 0.29) is 5.91 Å². The minimum absolute atomic E-state index is 0.237. The number of rotatable bonds is 5. The molecule has 0 aromatic carbocycles. The molecular weight excluding hydrogens is 166 g/mol. The van der Waals surface area contributed by atoms with Crippen molar-refractivity contribution >= 4 is 5.91 Å². The zero-order valence-corrected chi connectivity index (χ0v) is 7.44. The molecule has 1 rings (SSSR count). The Morgan fingerprint density at radius 1 is 1.38 bits per heavy atom. The van der Waals surface area contributed by atoms with Crippen LogP contribution in [-0.4, -0.2) is 15.9 Å². The molecule has 4 heteroatoms. The molecule has 0 aliphatic carbocycles. The highest BCUT2D eigenvalue weighted by Crippen LogP contribution is 2.01. The summed E-state index contributed by atoms with van der Waals surface area (Å²) in [5.74, 6) is -0.237. The van der Waals surface area contributed by atoms with E-state index in [0.29, 0.717) is 6.42 Å². The maximum Gasteiger partial charge on any atom is 0.217 e. The van der Waals surface area contributed by atoms with Gasteiger partial charge in [0.25, 0.3) is 0 Å². The number of amides is 1. The van der Waals surface area contributed by atoms with Crippen LogP contribution < -0.4 is 5.73 Å². The first-order valence-corrected chi connectivity index (χ1v) is 4.32. The quantitative estimate of drug-likeness (QED) is 0.675. The first-order valence-electron chi connectivity index (χ1n) is 4.32. The van der Waals surface area contributed by atoms with Crippen molar-refractivity contribution in [3.8, 4) is 0 Å². The first-order chi connectivity index (χ1) is 6.29. The van der Waals surface area contributed by atoms with Gasteiger partial charge < -0.3 is 5.73 Å². The van der Waals surface area contributed by atoms with Gasteiger partial charge in [-0.15, -0.1) is 0 Å². The molecule has 1 heterocycles. The van der Waals surface area contributed by atoms with E-state index in [1.165, 1.54) is 0 Å². The molecule has 0 unspecified atom stereocenters. The predicted octanol–water partition coefficient (Wildman–Crippen LogP) is 0.675. The Hall–Kier alpha value is -1.45. The fourth-order valence-corrected chi connectivity index (χ4v) is 1.06. The highest BCUT2D eigenvalue weighted by Gasteiger charge is 1.96. The molecule has 0 aliphatic rings. The van der Waals surface area contributed by atoms with Gasteiger partial charge in [0.05, 0.1) is 5.69 Å². The molecule has 1 aromatic rings. The molecule has 0 saturated carbocycles. The van der Waals surface area contributed by atoms with Gasteiger partial charge >= 0.3 is 0 Å². The number of carbonyl (C=O) groups is 1. The monoisotopic (exact) mass is 179 g/mol. The van der Waals surface area contributed by atoms with E-state index >= 15 is 0 Å². The Bertz CT molecular complexity index is 261. The van der Waals surface area contributed by atoms with Crippen molar-refractivity contribution < 1.29 is 4.79 Å². The second-order valence-electron chi connectivity index (χ2n) is 2.87. The summed E-state index contributed by atoms with van der Waals surface area (Å²) in [6.07, 6.45) is 8.13. The summed E-state index contributed by atoms with van der Waals surface area (Å²) in [5.41, 5.74) is 5.97. The average Bonchev–Trinajstić information content (AvgIpc) is 2.14. The number of hydrogen-bond donors (Lipinski definition) is 1. The van der Waals surface area contributed by atoms with Crippen molar-refractivity contribution in [2.24, 2.45) is 5.73 Å². The topological polar surface area (TPSA) is 68.9 Å². The highest BCUT2D eigenvalue weighted by molar-refractivity contribution is 5.73. The zero-order chi connectivity index (χ0) is 9.52. The lowest BCUT2D eigenvalue weighted by Crippen LogP contribution is -2.09. The van der Waals surface area contributed by atoms with E-state index in [1.54, 1.807) is 18.6 Å². The second kappa shape index (κ2) is 5.24. The minimum atomic E-state index is -0.237. The fourth-order valence-electron chi connectivity index (χ4n) is 1.06. The molecule has 13 heavy (non-hydrogen) atoms. The summed E-state index contributed by atoms with van der Waals surface area (Å²) in [5, 5.41) is 0. The number of aromatic nitrogens is 2. The lowest BCUT2D eigenvalue weighted by molar-refractivity contribution is -0.118.